The summed E-state index contributed by atoms with van der Waals surface area (Å²) < 4.78 is 5.34. The van der Waals surface area contributed by atoms with E-state index in [1.165, 1.54) is 19.3 Å². The fourth-order valence-electron chi connectivity index (χ4n) is 4.12. The average molecular weight is 358 g/mol. The van der Waals surface area contributed by atoms with Crippen LogP contribution in [-0.2, 0) is 9.59 Å². The van der Waals surface area contributed by atoms with Crippen LogP contribution in [0.15, 0.2) is 18.2 Å². The highest BCUT2D eigenvalue weighted by Gasteiger charge is 2.31. The average Bonchev–Trinajstić information content (AvgIpc) is 2.68. The van der Waals surface area contributed by atoms with Gasteiger partial charge in [-0.2, -0.15) is 0 Å². The number of benzene rings is 1. The van der Waals surface area contributed by atoms with E-state index in [4.69, 9.17) is 4.74 Å². The summed E-state index contributed by atoms with van der Waals surface area (Å²) in [5.41, 5.74) is 1.80. The van der Waals surface area contributed by atoms with Gasteiger partial charge in [-0.05, 0) is 50.3 Å². The third kappa shape index (κ3) is 4.37. The summed E-state index contributed by atoms with van der Waals surface area (Å²) in [5, 5.41) is 3.01. The minimum absolute atomic E-state index is 0.0265. The van der Waals surface area contributed by atoms with Gasteiger partial charge in [0.2, 0.25) is 11.8 Å². The van der Waals surface area contributed by atoms with Gasteiger partial charge in [-0.1, -0.05) is 25.3 Å². The first-order valence-electron chi connectivity index (χ1n) is 9.83. The Kier molecular flexibility index (Phi) is 6.17. The van der Waals surface area contributed by atoms with E-state index in [1.807, 2.05) is 30.0 Å². The van der Waals surface area contributed by atoms with E-state index in [1.54, 1.807) is 7.11 Å². The molecule has 3 rings (SSSR count). The maximum atomic E-state index is 12.7. The number of hydrogen-bond donors (Lipinski definition) is 1. The van der Waals surface area contributed by atoms with Crippen LogP contribution in [0.2, 0.25) is 0 Å². The zero-order valence-corrected chi connectivity index (χ0v) is 15.9. The lowest BCUT2D eigenvalue weighted by atomic mass is 9.87. The Morgan fingerprint density at radius 3 is 2.38 bits per heavy atom. The summed E-state index contributed by atoms with van der Waals surface area (Å²) in [4.78, 5) is 27.3. The number of methoxy groups -OCH3 is 1. The molecule has 2 aliphatic rings. The highest BCUT2D eigenvalue weighted by molar-refractivity contribution is 5.94. The number of anilines is 1. The van der Waals surface area contributed by atoms with E-state index in [-0.39, 0.29) is 17.7 Å². The first-order chi connectivity index (χ1) is 12.6. The molecule has 1 N–H and O–H groups in total. The lowest BCUT2D eigenvalue weighted by Crippen LogP contribution is -2.44. The second-order valence-corrected chi connectivity index (χ2v) is 7.63. The second-order valence-electron chi connectivity index (χ2n) is 7.63. The van der Waals surface area contributed by atoms with Crippen molar-refractivity contribution in [3.8, 4) is 5.75 Å². The molecule has 0 bridgehead atoms. The fraction of sp³-hybridized carbons (Fsp3) is 0.619. The quantitative estimate of drug-likeness (QED) is 0.891. The molecule has 5 nitrogen and oxygen atoms in total. The molecule has 5 heteroatoms. The molecule has 1 aromatic rings. The van der Waals surface area contributed by atoms with Crippen LogP contribution in [0.25, 0.3) is 0 Å². The fourth-order valence-corrected chi connectivity index (χ4v) is 4.12. The first kappa shape index (κ1) is 18.7. The first-order valence-corrected chi connectivity index (χ1v) is 9.83. The summed E-state index contributed by atoms with van der Waals surface area (Å²) in [6.45, 7) is 3.38. The minimum Gasteiger partial charge on any atom is -0.495 e. The Labute approximate surface area is 156 Å². The number of nitrogens with one attached hydrogen (secondary N) is 1. The number of aryl methyl sites for hydroxylation is 1. The number of ether oxygens (including phenoxy) is 1. The van der Waals surface area contributed by atoms with Crippen molar-refractivity contribution in [3.63, 3.8) is 0 Å². The van der Waals surface area contributed by atoms with Gasteiger partial charge in [-0.15, -0.1) is 0 Å². The van der Waals surface area contributed by atoms with Gasteiger partial charge in [0.15, 0.2) is 0 Å². The van der Waals surface area contributed by atoms with E-state index >= 15 is 0 Å². The number of amides is 2. The Hall–Kier alpha value is -2.04. The molecule has 142 valence electrons. The van der Waals surface area contributed by atoms with Crippen LogP contribution in [0.1, 0.15) is 50.5 Å². The number of piperidine rings is 1. The van der Waals surface area contributed by atoms with Crippen molar-refractivity contribution in [1.29, 1.82) is 0 Å². The molecule has 0 spiro atoms. The van der Waals surface area contributed by atoms with Crippen LogP contribution in [0.3, 0.4) is 0 Å². The van der Waals surface area contributed by atoms with Crippen molar-refractivity contribution < 1.29 is 14.3 Å². The summed E-state index contributed by atoms with van der Waals surface area (Å²) in [7, 11) is 1.61. The summed E-state index contributed by atoms with van der Waals surface area (Å²) in [6, 6.07) is 5.76. The monoisotopic (exact) mass is 358 g/mol. The minimum atomic E-state index is -0.0457. The number of likely N-dealkylation sites (tertiary alicyclic amines) is 1. The van der Waals surface area contributed by atoms with Crippen molar-refractivity contribution in [1.82, 2.24) is 4.90 Å². The molecule has 0 unspecified atom stereocenters. The van der Waals surface area contributed by atoms with Crippen LogP contribution in [0.5, 0.6) is 5.75 Å². The van der Waals surface area contributed by atoms with Crippen molar-refractivity contribution in [2.75, 3.05) is 25.5 Å². The Morgan fingerprint density at radius 2 is 1.73 bits per heavy atom. The zero-order chi connectivity index (χ0) is 18.5. The van der Waals surface area contributed by atoms with Crippen molar-refractivity contribution in [3.05, 3.63) is 23.8 Å². The van der Waals surface area contributed by atoms with E-state index in [0.29, 0.717) is 24.7 Å². The molecule has 0 aromatic heterocycles. The maximum Gasteiger partial charge on any atom is 0.227 e. The molecule has 2 fully saturated rings. The van der Waals surface area contributed by atoms with Crippen molar-refractivity contribution >= 4 is 17.5 Å². The molecule has 0 atom stereocenters. The number of rotatable bonds is 4. The van der Waals surface area contributed by atoms with E-state index in [9.17, 15) is 9.59 Å². The van der Waals surface area contributed by atoms with Crippen LogP contribution in [0.4, 0.5) is 5.69 Å². The van der Waals surface area contributed by atoms with Gasteiger partial charge in [0.05, 0.1) is 12.8 Å². The van der Waals surface area contributed by atoms with E-state index in [2.05, 4.69) is 5.32 Å². The topological polar surface area (TPSA) is 58.6 Å². The zero-order valence-electron chi connectivity index (χ0n) is 15.9. The molecule has 1 heterocycles. The van der Waals surface area contributed by atoms with Crippen LogP contribution >= 0.6 is 0 Å². The largest absolute Gasteiger partial charge is 0.495 e. The molecule has 1 saturated carbocycles. The smallest absolute Gasteiger partial charge is 0.227 e. The van der Waals surface area contributed by atoms with Gasteiger partial charge in [0.1, 0.15) is 5.75 Å². The molecular formula is C21H30N2O3. The van der Waals surface area contributed by atoms with Gasteiger partial charge in [0.25, 0.3) is 0 Å². The molecule has 1 saturated heterocycles. The van der Waals surface area contributed by atoms with Crippen LogP contribution < -0.4 is 10.1 Å². The molecule has 2 amide bonds. The molecule has 1 aliphatic heterocycles. The highest BCUT2D eigenvalue weighted by Crippen LogP contribution is 2.29. The third-order valence-corrected chi connectivity index (χ3v) is 5.74. The number of hydrogen-bond acceptors (Lipinski definition) is 3. The number of carbonyl (C=O) groups is 2. The number of carbonyl (C=O) groups excluding carboxylic acids is 2. The van der Waals surface area contributed by atoms with Gasteiger partial charge in [-0.3, -0.25) is 9.59 Å². The molecule has 26 heavy (non-hydrogen) atoms. The van der Waals surface area contributed by atoms with Crippen molar-refractivity contribution in [2.24, 2.45) is 11.8 Å². The van der Waals surface area contributed by atoms with Gasteiger partial charge in [0, 0.05) is 24.9 Å². The highest BCUT2D eigenvalue weighted by atomic mass is 16.5. The predicted molar refractivity (Wildman–Crippen MR) is 102 cm³/mol. The molecule has 1 aromatic carbocycles. The van der Waals surface area contributed by atoms with Crippen LogP contribution in [0, 0.1) is 18.8 Å². The lowest BCUT2D eigenvalue weighted by Gasteiger charge is -2.34. The Bertz CT molecular complexity index is 645. The Morgan fingerprint density at radius 1 is 1.04 bits per heavy atom. The lowest BCUT2D eigenvalue weighted by molar-refractivity contribution is -0.139. The summed E-state index contributed by atoms with van der Waals surface area (Å²) in [6.07, 6.45) is 7.14. The SMILES string of the molecule is COc1ccc(C)cc1NC(=O)C1CCN(C(=O)C2CCCCC2)CC1. The predicted octanol–water partition coefficient (Wildman–Crippen LogP) is 3.76. The maximum absolute atomic E-state index is 12.7. The second kappa shape index (κ2) is 8.56. The van der Waals surface area contributed by atoms with Crippen LogP contribution in [-0.4, -0.2) is 36.9 Å². The third-order valence-electron chi connectivity index (χ3n) is 5.74. The molecule has 1 aliphatic carbocycles. The normalized spacial score (nSPS) is 19.2. The van der Waals surface area contributed by atoms with Gasteiger partial charge >= 0.3 is 0 Å². The Balaban J connectivity index is 1.53. The summed E-state index contributed by atoms with van der Waals surface area (Å²) >= 11 is 0. The van der Waals surface area contributed by atoms with Gasteiger partial charge in [-0.25, -0.2) is 0 Å². The summed E-state index contributed by atoms with van der Waals surface area (Å²) in [5.74, 6) is 1.18. The standard InChI is InChI=1S/C21H30N2O3/c1-15-8-9-19(26-2)18(14-15)22-20(24)16-10-12-23(13-11-16)21(25)17-6-4-3-5-7-17/h8-9,14,16-17H,3-7,10-13H2,1-2H3,(H,22,24). The number of nitrogens with zero attached hydrogens (tertiary/aromatic N) is 1. The van der Waals surface area contributed by atoms with Gasteiger partial charge < -0.3 is 15.0 Å². The van der Waals surface area contributed by atoms with E-state index < -0.39 is 0 Å². The molecule has 0 radical (unpaired) electrons. The van der Waals surface area contributed by atoms with E-state index in [0.717, 1.165) is 36.9 Å². The molecular weight excluding hydrogens is 328 g/mol. The van der Waals surface area contributed by atoms with Crippen molar-refractivity contribution in [2.45, 2.75) is 51.9 Å².